The number of aliphatic carboxylic acids is 1. The number of carbonyl (C=O) groups is 4. The number of benzene rings is 1. The minimum Gasteiger partial charge on any atom is -0.480 e. The van der Waals surface area contributed by atoms with Crippen LogP contribution in [0.25, 0.3) is 0 Å². The van der Waals surface area contributed by atoms with Gasteiger partial charge in [0.25, 0.3) is 0 Å². The molecule has 10 nitrogen and oxygen atoms in total. The van der Waals surface area contributed by atoms with Crippen LogP contribution in [0.5, 0.6) is 11.5 Å². The molecule has 0 aliphatic carbocycles. The fraction of sp³-hybridized carbons (Fsp3) is 0.615. The van der Waals surface area contributed by atoms with Gasteiger partial charge in [-0.15, -0.1) is 0 Å². The molecule has 0 bridgehead atoms. The predicted molar refractivity (Wildman–Crippen MR) is 132 cm³/mol. The highest BCUT2D eigenvalue weighted by molar-refractivity contribution is 5.79. The summed E-state index contributed by atoms with van der Waals surface area (Å²) in [6.07, 6.45) is -0.217. The van der Waals surface area contributed by atoms with Crippen molar-refractivity contribution in [1.29, 1.82) is 0 Å². The molecule has 10 heteroatoms. The van der Waals surface area contributed by atoms with Gasteiger partial charge in [-0.3, -0.25) is 14.4 Å². The van der Waals surface area contributed by atoms with Crippen molar-refractivity contribution < 1.29 is 43.2 Å². The van der Waals surface area contributed by atoms with Crippen LogP contribution < -0.4 is 15.2 Å². The van der Waals surface area contributed by atoms with Crippen LogP contribution in [0.1, 0.15) is 72.3 Å². The van der Waals surface area contributed by atoms with E-state index in [-0.39, 0.29) is 49.0 Å². The summed E-state index contributed by atoms with van der Waals surface area (Å²) in [5, 5.41) is 9.80. The van der Waals surface area contributed by atoms with Crippen molar-refractivity contribution in [1.82, 2.24) is 0 Å². The minimum atomic E-state index is -1.81. The van der Waals surface area contributed by atoms with Gasteiger partial charge in [-0.25, -0.2) is 4.79 Å². The second kappa shape index (κ2) is 14.4. The van der Waals surface area contributed by atoms with Gasteiger partial charge in [0.1, 0.15) is 11.6 Å². The number of carbonyl (C=O) groups excluding carboxylic acids is 3. The Morgan fingerprint density at radius 2 is 1.47 bits per heavy atom. The fourth-order valence-electron chi connectivity index (χ4n) is 3.38. The SMILES string of the molecule is CCC(C)CC(=O)Oc1ccc(CC(N)(C[C@H](C)OC(=O)OC)C(=O)O)cc1OC(=O)CC(C)CC. The molecule has 0 aliphatic rings. The third-order valence-corrected chi connectivity index (χ3v) is 5.94. The number of methoxy groups -OCH3 is 1. The van der Waals surface area contributed by atoms with Crippen LogP contribution >= 0.6 is 0 Å². The molecule has 0 saturated heterocycles. The Hall–Kier alpha value is -3.14. The van der Waals surface area contributed by atoms with Crippen molar-refractivity contribution in [2.24, 2.45) is 17.6 Å². The van der Waals surface area contributed by atoms with Crippen LogP contribution in [0.2, 0.25) is 0 Å². The lowest BCUT2D eigenvalue weighted by atomic mass is 9.86. The van der Waals surface area contributed by atoms with Gasteiger partial charge in [-0.05, 0) is 36.5 Å². The van der Waals surface area contributed by atoms with E-state index < -0.39 is 35.7 Å². The van der Waals surface area contributed by atoms with Crippen LogP contribution in [-0.2, 0) is 30.3 Å². The maximum Gasteiger partial charge on any atom is 0.508 e. The number of esters is 2. The molecule has 3 N–H and O–H groups in total. The first kappa shape index (κ1) is 30.9. The molecule has 0 heterocycles. The lowest BCUT2D eigenvalue weighted by Gasteiger charge is -2.28. The van der Waals surface area contributed by atoms with Crippen molar-refractivity contribution in [2.75, 3.05) is 7.11 Å². The summed E-state index contributed by atoms with van der Waals surface area (Å²) < 4.78 is 20.4. The number of hydrogen-bond acceptors (Lipinski definition) is 9. The standard InChI is InChI=1S/C26H39NO9/c1-7-16(3)11-22(28)35-20-10-9-19(13-21(20)36-23(29)12-17(4)8-2)15-26(27,24(30)31)14-18(5)34-25(32)33-6/h9-10,13,16-18H,7-8,11-12,14-15,27H2,1-6H3,(H,30,31)/t16?,17?,18-,26?/m0/s1. The molecule has 0 fully saturated rings. The molecule has 36 heavy (non-hydrogen) atoms. The quantitative estimate of drug-likeness (QED) is 0.275. The Morgan fingerprint density at radius 1 is 0.944 bits per heavy atom. The first-order chi connectivity index (χ1) is 16.8. The van der Waals surface area contributed by atoms with Crippen molar-refractivity contribution in [2.45, 2.75) is 84.8 Å². The topological polar surface area (TPSA) is 151 Å². The van der Waals surface area contributed by atoms with Gasteiger partial charge in [0.05, 0.1) is 7.11 Å². The van der Waals surface area contributed by atoms with E-state index in [1.54, 1.807) is 6.07 Å². The maximum absolute atomic E-state index is 12.5. The molecule has 0 spiro atoms. The Morgan fingerprint density at radius 3 is 1.94 bits per heavy atom. The van der Waals surface area contributed by atoms with Gasteiger partial charge in [0, 0.05) is 25.7 Å². The molecule has 0 amide bonds. The Kier molecular flexibility index (Phi) is 12.4. The van der Waals surface area contributed by atoms with Crippen molar-refractivity contribution in [3.8, 4) is 11.5 Å². The Labute approximate surface area is 212 Å². The van der Waals surface area contributed by atoms with E-state index in [4.69, 9.17) is 19.9 Å². The highest BCUT2D eigenvalue weighted by Gasteiger charge is 2.37. The van der Waals surface area contributed by atoms with Crippen molar-refractivity contribution >= 4 is 24.1 Å². The maximum atomic E-state index is 12.5. The smallest absolute Gasteiger partial charge is 0.480 e. The van der Waals surface area contributed by atoms with Gasteiger partial charge in [-0.1, -0.05) is 46.6 Å². The summed E-state index contributed by atoms with van der Waals surface area (Å²) in [6, 6.07) is 4.44. The van der Waals surface area contributed by atoms with E-state index in [0.717, 1.165) is 20.0 Å². The molecule has 0 radical (unpaired) electrons. The van der Waals surface area contributed by atoms with Gasteiger partial charge < -0.3 is 29.8 Å². The van der Waals surface area contributed by atoms with Gasteiger partial charge in [-0.2, -0.15) is 0 Å². The minimum absolute atomic E-state index is 0.00454. The zero-order chi connectivity index (χ0) is 27.5. The molecule has 202 valence electrons. The number of nitrogens with two attached hydrogens (primary N) is 1. The first-order valence-corrected chi connectivity index (χ1v) is 12.1. The summed E-state index contributed by atoms with van der Waals surface area (Å²) >= 11 is 0. The van der Waals surface area contributed by atoms with Crippen LogP contribution in [0.3, 0.4) is 0 Å². The lowest BCUT2D eigenvalue weighted by molar-refractivity contribution is -0.144. The molecular weight excluding hydrogens is 470 g/mol. The van der Waals surface area contributed by atoms with Crippen LogP contribution in [0.4, 0.5) is 4.79 Å². The zero-order valence-corrected chi connectivity index (χ0v) is 22.0. The Balaban J connectivity index is 3.22. The normalized spacial score (nSPS) is 15.1. The van der Waals surface area contributed by atoms with Gasteiger partial charge in [0.2, 0.25) is 0 Å². The molecule has 3 unspecified atom stereocenters. The zero-order valence-electron chi connectivity index (χ0n) is 22.0. The summed E-state index contributed by atoms with van der Waals surface area (Å²) in [5.74, 6) is -1.99. The molecule has 1 aromatic carbocycles. The van der Waals surface area contributed by atoms with Crippen molar-refractivity contribution in [3.05, 3.63) is 23.8 Å². The van der Waals surface area contributed by atoms with Crippen LogP contribution in [0, 0.1) is 11.8 Å². The Bertz CT molecular complexity index is 917. The summed E-state index contributed by atoms with van der Waals surface area (Å²) in [4.78, 5) is 48.2. The van der Waals surface area contributed by atoms with E-state index in [1.165, 1.54) is 19.1 Å². The fourth-order valence-corrected chi connectivity index (χ4v) is 3.38. The molecule has 0 saturated carbocycles. The third-order valence-electron chi connectivity index (χ3n) is 5.94. The summed E-state index contributed by atoms with van der Waals surface area (Å²) in [5.41, 5.74) is 4.81. The average Bonchev–Trinajstić information content (AvgIpc) is 2.79. The summed E-state index contributed by atoms with van der Waals surface area (Å²) in [7, 11) is 1.14. The van der Waals surface area contributed by atoms with Gasteiger partial charge >= 0.3 is 24.1 Å². The van der Waals surface area contributed by atoms with Gasteiger partial charge in [0.15, 0.2) is 11.5 Å². The van der Waals surface area contributed by atoms with Crippen LogP contribution in [0.15, 0.2) is 18.2 Å². The first-order valence-electron chi connectivity index (χ1n) is 12.1. The average molecular weight is 510 g/mol. The van der Waals surface area contributed by atoms with E-state index in [2.05, 4.69) is 4.74 Å². The highest BCUT2D eigenvalue weighted by Crippen LogP contribution is 2.32. The molecule has 1 rings (SSSR count). The molecule has 1 aromatic rings. The number of ether oxygens (including phenoxy) is 4. The number of hydrogen-bond donors (Lipinski definition) is 2. The molecule has 4 atom stereocenters. The predicted octanol–water partition coefficient (Wildman–Crippen LogP) is 4.26. The molecule has 0 aliphatic heterocycles. The number of rotatable bonds is 14. The number of carboxylic acid groups (broad SMARTS) is 1. The highest BCUT2D eigenvalue weighted by atomic mass is 16.7. The number of carboxylic acids is 1. The van der Waals surface area contributed by atoms with E-state index in [9.17, 15) is 24.3 Å². The molecular formula is C26H39NO9. The second-order valence-electron chi connectivity index (χ2n) is 9.39. The largest absolute Gasteiger partial charge is 0.508 e. The third kappa shape index (κ3) is 10.2. The van der Waals surface area contributed by atoms with Crippen LogP contribution in [-0.4, -0.2) is 47.9 Å². The molecule has 0 aromatic heterocycles. The summed E-state index contributed by atoms with van der Waals surface area (Å²) in [6.45, 7) is 9.27. The lowest BCUT2D eigenvalue weighted by Crippen LogP contribution is -2.52. The van der Waals surface area contributed by atoms with E-state index in [1.807, 2.05) is 27.7 Å². The van der Waals surface area contributed by atoms with Crippen molar-refractivity contribution in [3.63, 3.8) is 0 Å². The second-order valence-corrected chi connectivity index (χ2v) is 9.39. The van der Waals surface area contributed by atoms with E-state index >= 15 is 0 Å². The monoisotopic (exact) mass is 509 g/mol. The van der Waals surface area contributed by atoms with E-state index in [0.29, 0.717) is 5.56 Å².